The summed E-state index contributed by atoms with van der Waals surface area (Å²) >= 11 is 0. The van der Waals surface area contributed by atoms with Gasteiger partial charge >= 0.3 is 6.09 Å². The van der Waals surface area contributed by atoms with Crippen LogP contribution in [0.2, 0.25) is 0 Å². The SMILES string of the molecule is Cc1nc(C(C)(C)NC(=O)C2[C@H]3CN(C(=O)OC(C)(C)C)C[C@@H]23)c2cccc(F)c2n1. The Bertz CT molecular complexity index is 1050. The van der Waals surface area contributed by atoms with E-state index in [0.717, 1.165) is 0 Å². The van der Waals surface area contributed by atoms with E-state index in [1.165, 1.54) is 6.07 Å². The second-order valence-electron chi connectivity index (χ2n) is 10.1. The molecule has 1 aromatic carbocycles. The van der Waals surface area contributed by atoms with Gasteiger partial charge in [-0.25, -0.2) is 19.2 Å². The molecule has 2 aromatic rings. The van der Waals surface area contributed by atoms with Gasteiger partial charge in [-0.15, -0.1) is 0 Å². The van der Waals surface area contributed by atoms with Gasteiger partial charge in [0.05, 0.1) is 11.2 Å². The highest BCUT2D eigenvalue weighted by atomic mass is 19.1. The fourth-order valence-electron chi connectivity index (χ4n) is 4.55. The van der Waals surface area contributed by atoms with Crippen molar-refractivity contribution >= 4 is 22.9 Å². The summed E-state index contributed by atoms with van der Waals surface area (Å²) in [6.45, 7) is 12.0. The molecule has 2 fully saturated rings. The van der Waals surface area contributed by atoms with Gasteiger partial charge in [-0.05, 0) is 59.4 Å². The van der Waals surface area contributed by atoms with Gasteiger partial charge in [0.2, 0.25) is 5.91 Å². The topological polar surface area (TPSA) is 84.4 Å². The van der Waals surface area contributed by atoms with Gasteiger partial charge in [0, 0.05) is 24.4 Å². The number of benzene rings is 1. The highest BCUT2D eigenvalue weighted by molar-refractivity contribution is 5.86. The largest absolute Gasteiger partial charge is 0.444 e. The van der Waals surface area contributed by atoms with E-state index >= 15 is 0 Å². The number of fused-ring (bicyclic) bond motifs is 2. The number of nitrogens with zero attached hydrogens (tertiary/aromatic N) is 3. The van der Waals surface area contributed by atoms with Gasteiger partial charge in [-0.3, -0.25) is 4.79 Å². The number of carbonyl (C=O) groups excluding carboxylic acids is 2. The van der Waals surface area contributed by atoms with Crippen LogP contribution in [0.5, 0.6) is 0 Å². The summed E-state index contributed by atoms with van der Waals surface area (Å²) < 4.78 is 19.7. The van der Waals surface area contributed by atoms with E-state index in [2.05, 4.69) is 15.3 Å². The minimum atomic E-state index is -0.807. The molecule has 8 heteroatoms. The van der Waals surface area contributed by atoms with Crippen LogP contribution in [-0.2, 0) is 15.1 Å². The number of hydrogen-bond acceptors (Lipinski definition) is 5. The lowest BCUT2D eigenvalue weighted by Gasteiger charge is -2.29. The number of carbonyl (C=O) groups is 2. The number of aromatic nitrogens is 2. The first-order valence-corrected chi connectivity index (χ1v) is 10.6. The molecule has 0 bridgehead atoms. The van der Waals surface area contributed by atoms with Crippen molar-refractivity contribution in [2.75, 3.05) is 13.1 Å². The van der Waals surface area contributed by atoms with E-state index in [0.29, 0.717) is 30.0 Å². The zero-order valence-electron chi connectivity index (χ0n) is 18.8. The van der Waals surface area contributed by atoms with Crippen molar-refractivity contribution < 1.29 is 18.7 Å². The third-order valence-corrected chi connectivity index (χ3v) is 5.97. The van der Waals surface area contributed by atoms with Crippen molar-refractivity contribution in [1.82, 2.24) is 20.2 Å². The first-order valence-electron chi connectivity index (χ1n) is 10.6. The molecule has 1 aliphatic carbocycles. The third kappa shape index (κ3) is 4.07. The summed E-state index contributed by atoms with van der Waals surface area (Å²) in [4.78, 5) is 35.7. The maximum absolute atomic E-state index is 14.3. The predicted molar refractivity (Wildman–Crippen MR) is 114 cm³/mol. The van der Waals surface area contributed by atoms with Gasteiger partial charge < -0.3 is 15.0 Å². The van der Waals surface area contributed by atoms with Gasteiger partial charge in [0.25, 0.3) is 0 Å². The van der Waals surface area contributed by atoms with Crippen molar-refractivity contribution in [3.05, 3.63) is 35.5 Å². The van der Waals surface area contributed by atoms with Crippen molar-refractivity contribution in [2.24, 2.45) is 17.8 Å². The molecule has 3 atom stereocenters. The molecule has 166 valence electrons. The van der Waals surface area contributed by atoms with E-state index in [9.17, 15) is 14.0 Å². The van der Waals surface area contributed by atoms with Crippen LogP contribution >= 0.6 is 0 Å². The summed E-state index contributed by atoms with van der Waals surface area (Å²) in [5, 5.41) is 3.68. The molecule has 4 rings (SSSR count). The summed E-state index contributed by atoms with van der Waals surface area (Å²) in [6, 6.07) is 4.76. The van der Waals surface area contributed by atoms with Crippen LogP contribution in [0.3, 0.4) is 0 Å². The van der Waals surface area contributed by atoms with Gasteiger partial charge in [0.15, 0.2) is 0 Å². The fourth-order valence-corrected chi connectivity index (χ4v) is 4.55. The van der Waals surface area contributed by atoms with Crippen LogP contribution in [-0.4, -0.2) is 45.6 Å². The highest BCUT2D eigenvalue weighted by Crippen LogP contribution is 2.52. The van der Waals surface area contributed by atoms with Gasteiger partial charge in [-0.2, -0.15) is 0 Å². The van der Waals surface area contributed by atoms with Crippen LogP contribution < -0.4 is 5.32 Å². The first kappa shape index (κ1) is 21.5. The molecule has 1 saturated carbocycles. The maximum atomic E-state index is 14.3. The Hall–Kier alpha value is -2.77. The Labute approximate surface area is 181 Å². The van der Waals surface area contributed by atoms with Crippen LogP contribution in [0.1, 0.15) is 46.1 Å². The standard InChI is InChI=1S/C23H29FN4O3/c1-12-25-18-13(8-7-9-16(18)24)19(26-12)23(5,6)27-20(29)17-14-10-28(11-15(14)17)21(30)31-22(2,3)4/h7-9,14-15,17H,10-11H2,1-6H3,(H,27,29)/t14-,15+,17?. The lowest BCUT2D eigenvalue weighted by Crippen LogP contribution is -2.44. The molecule has 1 aromatic heterocycles. The molecule has 2 aliphatic rings. The number of piperidine rings is 1. The number of amides is 2. The monoisotopic (exact) mass is 428 g/mol. The molecule has 0 spiro atoms. The zero-order chi connectivity index (χ0) is 22.7. The first-order chi connectivity index (χ1) is 14.4. The normalized spacial score (nSPS) is 22.9. The second-order valence-corrected chi connectivity index (χ2v) is 10.1. The maximum Gasteiger partial charge on any atom is 0.410 e. The van der Waals surface area contributed by atoms with E-state index in [1.807, 2.05) is 34.6 Å². The Balaban J connectivity index is 1.46. The number of likely N-dealkylation sites (tertiary alicyclic amines) is 1. The molecule has 7 nitrogen and oxygen atoms in total. The quantitative estimate of drug-likeness (QED) is 0.808. The molecule has 1 saturated heterocycles. The van der Waals surface area contributed by atoms with E-state index in [-0.39, 0.29) is 35.3 Å². The molecule has 31 heavy (non-hydrogen) atoms. The average Bonchev–Trinajstić information content (AvgIpc) is 3.14. The third-order valence-electron chi connectivity index (χ3n) is 5.97. The second kappa shape index (κ2) is 7.14. The number of rotatable bonds is 3. The minimum absolute atomic E-state index is 0.0651. The van der Waals surface area contributed by atoms with Crippen molar-refractivity contribution in [3.8, 4) is 0 Å². The highest BCUT2D eigenvalue weighted by Gasteiger charge is 2.61. The summed E-state index contributed by atoms with van der Waals surface area (Å²) in [7, 11) is 0. The van der Waals surface area contributed by atoms with Gasteiger partial charge in [0.1, 0.15) is 22.8 Å². The van der Waals surface area contributed by atoms with Crippen LogP contribution in [0, 0.1) is 30.5 Å². The van der Waals surface area contributed by atoms with Crippen molar-refractivity contribution in [2.45, 2.75) is 52.7 Å². The number of ether oxygens (including phenoxy) is 1. The number of halogens is 1. The molecule has 1 aliphatic heterocycles. The summed E-state index contributed by atoms with van der Waals surface area (Å²) in [6.07, 6.45) is -0.329. The Morgan fingerprint density at radius 1 is 1.13 bits per heavy atom. The molecule has 1 unspecified atom stereocenters. The van der Waals surface area contributed by atoms with Crippen LogP contribution in [0.15, 0.2) is 18.2 Å². The minimum Gasteiger partial charge on any atom is -0.444 e. The van der Waals surface area contributed by atoms with E-state index in [1.54, 1.807) is 24.0 Å². The number of nitrogens with one attached hydrogen (secondary N) is 1. The van der Waals surface area contributed by atoms with E-state index < -0.39 is 17.0 Å². The van der Waals surface area contributed by atoms with E-state index in [4.69, 9.17) is 4.74 Å². The molecular formula is C23H29FN4O3. The lowest BCUT2D eigenvalue weighted by atomic mass is 9.95. The number of para-hydroxylation sites is 1. The zero-order valence-corrected chi connectivity index (χ0v) is 18.8. The number of hydrogen-bond donors (Lipinski definition) is 1. The lowest BCUT2D eigenvalue weighted by molar-refractivity contribution is -0.125. The molecule has 1 N–H and O–H groups in total. The average molecular weight is 429 g/mol. The molecule has 2 amide bonds. The summed E-state index contributed by atoms with van der Waals surface area (Å²) in [5.74, 6) is 0.124. The molecule has 2 heterocycles. The van der Waals surface area contributed by atoms with Crippen LogP contribution in [0.25, 0.3) is 10.9 Å². The Morgan fingerprint density at radius 3 is 2.39 bits per heavy atom. The smallest absolute Gasteiger partial charge is 0.410 e. The van der Waals surface area contributed by atoms with Gasteiger partial charge in [-0.1, -0.05) is 12.1 Å². The fraction of sp³-hybridized carbons (Fsp3) is 0.565. The summed E-state index contributed by atoms with van der Waals surface area (Å²) in [5.41, 5.74) is -0.506. The molecule has 0 radical (unpaired) electrons. The Morgan fingerprint density at radius 2 is 1.77 bits per heavy atom. The van der Waals surface area contributed by atoms with Crippen molar-refractivity contribution in [3.63, 3.8) is 0 Å². The molecular weight excluding hydrogens is 399 g/mol. The Kier molecular flexibility index (Phi) is 4.94. The number of aryl methyl sites for hydroxylation is 1. The van der Waals surface area contributed by atoms with Crippen molar-refractivity contribution in [1.29, 1.82) is 0 Å². The predicted octanol–water partition coefficient (Wildman–Crippen LogP) is 3.54. The van der Waals surface area contributed by atoms with Crippen LogP contribution in [0.4, 0.5) is 9.18 Å².